The van der Waals surface area contributed by atoms with E-state index in [0.29, 0.717) is 11.3 Å². The lowest BCUT2D eigenvalue weighted by Gasteiger charge is -2.34. The van der Waals surface area contributed by atoms with Crippen LogP contribution in [0.15, 0.2) is 58.7 Å². The van der Waals surface area contributed by atoms with Crippen LogP contribution in [0.1, 0.15) is 15.9 Å². The standard InChI is InChI=1S/C20H22N4O3/c1-21-14-16-2-4-17(5-3-16)20(25)27-19-8-6-18(7-9-19)24-12-10-23(11-13-24)15-22-26/h2-9,14H,10-13,15H2,1H3/b21-14+. The van der Waals surface area contributed by atoms with Crippen molar-refractivity contribution in [3.8, 4) is 5.75 Å². The SMILES string of the molecule is C/N=C/c1ccc(C(=O)Oc2ccc(N3CCN(CN=O)CC3)cc2)cc1. The van der Waals surface area contributed by atoms with Gasteiger partial charge in [-0.25, -0.2) is 4.79 Å². The Bertz CT molecular complexity index is 795. The first kappa shape index (κ1) is 18.7. The maximum Gasteiger partial charge on any atom is 0.343 e. The molecule has 1 aliphatic rings. The smallest absolute Gasteiger partial charge is 0.343 e. The Morgan fingerprint density at radius 1 is 1.04 bits per heavy atom. The van der Waals surface area contributed by atoms with Crippen molar-refractivity contribution in [1.29, 1.82) is 0 Å². The van der Waals surface area contributed by atoms with Crippen LogP contribution in [0.25, 0.3) is 0 Å². The number of aliphatic imine (C=N–C) groups is 1. The molecule has 0 bridgehead atoms. The fourth-order valence-corrected chi connectivity index (χ4v) is 2.97. The van der Waals surface area contributed by atoms with Gasteiger partial charge < -0.3 is 9.64 Å². The molecule has 7 heteroatoms. The van der Waals surface area contributed by atoms with Crippen LogP contribution in [0.3, 0.4) is 0 Å². The molecular formula is C20H22N4O3. The van der Waals surface area contributed by atoms with Crippen LogP contribution in [-0.4, -0.2) is 57.0 Å². The van der Waals surface area contributed by atoms with Gasteiger partial charge in [0, 0.05) is 45.1 Å². The maximum atomic E-state index is 12.3. The normalized spacial score (nSPS) is 15.1. The summed E-state index contributed by atoms with van der Waals surface area (Å²) in [5.74, 6) is 0.115. The van der Waals surface area contributed by atoms with Gasteiger partial charge in [-0.3, -0.25) is 9.89 Å². The lowest BCUT2D eigenvalue weighted by molar-refractivity contribution is 0.0735. The average Bonchev–Trinajstić information content (AvgIpc) is 2.70. The Morgan fingerprint density at radius 2 is 1.70 bits per heavy atom. The van der Waals surface area contributed by atoms with Crippen LogP contribution >= 0.6 is 0 Å². The molecule has 1 saturated heterocycles. The van der Waals surface area contributed by atoms with Crippen molar-refractivity contribution in [2.24, 2.45) is 10.2 Å². The van der Waals surface area contributed by atoms with Gasteiger partial charge in [-0.15, -0.1) is 4.91 Å². The van der Waals surface area contributed by atoms with E-state index in [1.807, 2.05) is 29.2 Å². The fraction of sp³-hybridized carbons (Fsp3) is 0.300. The second kappa shape index (κ2) is 9.05. The molecule has 27 heavy (non-hydrogen) atoms. The van der Waals surface area contributed by atoms with Crippen LogP contribution in [0.4, 0.5) is 5.69 Å². The second-order valence-corrected chi connectivity index (χ2v) is 6.27. The van der Waals surface area contributed by atoms with E-state index in [-0.39, 0.29) is 6.67 Å². The number of carbonyl (C=O) groups is 1. The zero-order valence-electron chi connectivity index (χ0n) is 15.2. The van der Waals surface area contributed by atoms with Crippen molar-refractivity contribution in [3.63, 3.8) is 0 Å². The number of ether oxygens (including phenoxy) is 1. The van der Waals surface area contributed by atoms with Crippen molar-refractivity contribution in [1.82, 2.24) is 4.90 Å². The number of nitrogens with zero attached hydrogens (tertiary/aromatic N) is 4. The van der Waals surface area contributed by atoms with Crippen molar-refractivity contribution in [3.05, 3.63) is 64.6 Å². The molecule has 1 heterocycles. The number of esters is 1. The van der Waals surface area contributed by atoms with E-state index in [2.05, 4.69) is 15.1 Å². The van der Waals surface area contributed by atoms with E-state index in [1.54, 1.807) is 37.5 Å². The number of carbonyl (C=O) groups excluding carboxylic acids is 1. The van der Waals surface area contributed by atoms with Crippen molar-refractivity contribution in [2.45, 2.75) is 0 Å². The molecule has 0 atom stereocenters. The first-order valence-electron chi connectivity index (χ1n) is 8.80. The topological polar surface area (TPSA) is 74.6 Å². The van der Waals surface area contributed by atoms with Crippen LogP contribution in [-0.2, 0) is 0 Å². The second-order valence-electron chi connectivity index (χ2n) is 6.27. The number of hydrogen-bond donors (Lipinski definition) is 0. The Labute approximate surface area is 158 Å². The average molecular weight is 366 g/mol. The van der Waals surface area contributed by atoms with Gasteiger partial charge in [-0.1, -0.05) is 17.3 Å². The first-order valence-corrected chi connectivity index (χ1v) is 8.80. The van der Waals surface area contributed by atoms with Gasteiger partial charge in [0.05, 0.1) is 5.56 Å². The molecule has 7 nitrogen and oxygen atoms in total. The van der Waals surface area contributed by atoms with Crippen LogP contribution < -0.4 is 9.64 Å². The Balaban J connectivity index is 1.57. The quantitative estimate of drug-likeness (QED) is 0.340. The minimum absolute atomic E-state index is 0.245. The molecule has 1 fully saturated rings. The largest absolute Gasteiger partial charge is 0.423 e. The predicted octanol–water partition coefficient (Wildman–Crippen LogP) is 2.80. The van der Waals surface area contributed by atoms with E-state index in [0.717, 1.165) is 37.4 Å². The summed E-state index contributed by atoms with van der Waals surface area (Å²) in [6.07, 6.45) is 1.73. The third-order valence-electron chi connectivity index (χ3n) is 4.47. The highest BCUT2D eigenvalue weighted by Gasteiger charge is 2.17. The van der Waals surface area contributed by atoms with Gasteiger partial charge in [-0.2, -0.15) is 0 Å². The van der Waals surface area contributed by atoms with Crippen LogP contribution in [0.2, 0.25) is 0 Å². The molecule has 1 aliphatic heterocycles. The molecule has 0 N–H and O–H groups in total. The van der Waals surface area contributed by atoms with Gasteiger partial charge >= 0.3 is 5.97 Å². The first-order chi connectivity index (χ1) is 13.2. The summed E-state index contributed by atoms with van der Waals surface area (Å²) in [7, 11) is 1.70. The summed E-state index contributed by atoms with van der Waals surface area (Å²) < 4.78 is 5.45. The fourth-order valence-electron chi connectivity index (χ4n) is 2.97. The Hall–Kier alpha value is -3.06. The van der Waals surface area contributed by atoms with Gasteiger partial charge in [0.25, 0.3) is 0 Å². The highest BCUT2D eigenvalue weighted by atomic mass is 16.5. The molecule has 0 spiro atoms. The minimum Gasteiger partial charge on any atom is -0.423 e. The summed E-state index contributed by atoms with van der Waals surface area (Å²) in [5, 5.41) is 2.94. The highest BCUT2D eigenvalue weighted by Crippen LogP contribution is 2.21. The van der Waals surface area contributed by atoms with Gasteiger partial charge in [0.2, 0.25) is 0 Å². The van der Waals surface area contributed by atoms with Crippen LogP contribution in [0.5, 0.6) is 5.75 Å². The summed E-state index contributed by atoms with van der Waals surface area (Å²) in [5.41, 5.74) is 2.49. The molecule has 140 valence electrons. The molecule has 0 saturated carbocycles. The lowest BCUT2D eigenvalue weighted by Crippen LogP contribution is -2.46. The molecule has 3 rings (SSSR count). The van der Waals surface area contributed by atoms with Crippen molar-refractivity contribution >= 4 is 17.9 Å². The van der Waals surface area contributed by atoms with Gasteiger partial charge in [0.1, 0.15) is 12.4 Å². The molecule has 0 unspecified atom stereocenters. The number of rotatable bonds is 6. The molecule has 2 aromatic rings. The molecule has 0 aromatic heterocycles. The van der Waals surface area contributed by atoms with E-state index in [9.17, 15) is 9.70 Å². The van der Waals surface area contributed by atoms with E-state index < -0.39 is 5.97 Å². The van der Waals surface area contributed by atoms with Gasteiger partial charge in [-0.05, 0) is 42.0 Å². The van der Waals surface area contributed by atoms with Crippen molar-refractivity contribution in [2.75, 3.05) is 44.8 Å². The molecule has 0 amide bonds. The lowest BCUT2D eigenvalue weighted by atomic mass is 10.1. The summed E-state index contributed by atoms with van der Waals surface area (Å²) >= 11 is 0. The molecular weight excluding hydrogens is 344 g/mol. The summed E-state index contributed by atoms with van der Waals surface area (Å²) in [6.45, 7) is 3.53. The predicted molar refractivity (Wildman–Crippen MR) is 106 cm³/mol. The Kier molecular flexibility index (Phi) is 6.27. The van der Waals surface area contributed by atoms with Crippen LogP contribution in [0, 0.1) is 4.91 Å². The maximum absolute atomic E-state index is 12.3. The summed E-state index contributed by atoms with van der Waals surface area (Å²) in [4.78, 5) is 30.8. The number of benzene rings is 2. The minimum atomic E-state index is -0.391. The zero-order valence-corrected chi connectivity index (χ0v) is 15.2. The number of hydrogen-bond acceptors (Lipinski definition) is 7. The molecule has 0 radical (unpaired) electrons. The third-order valence-corrected chi connectivity index (χ3v) is 4.47. The number of nitroso groups, excluding NO2 is 1. The van der Waals surface area contributed by atoms with Crippen molar-refractivity contribution < 1.29 is 9.53 Å². The van der Waals surface area contributed by atoms with E-state index in [1.165, 1.54) is 0 Å². The zero-order chi connectivity index (χ0) is 19.1. The number of anilines is 1. The number of piperazine rings is 1. The monoisotopic (exact) mass is 366 g/mol. The van der Waals surface area contributed by atoms with E-state index >= 15 is 0 Å². The Morgan fingerprint density at radius 3 is 2.30 bits per heavy atom. The summed E-state index contributed by atoms with van der Waals surface area (Å²) in [6, 6.07) is 14.6. The molecule has 0 aliphatic carbocycles. The highest BCUT2D eigenvalue weighted by molar-refractivity contribution is 5.92. The van der Waals surface area contributed by atoms with E-state index in [4.69, 9.17) is 4.74 Å². The third kappa shape index (κ3) is 4.98. The molecule has 2 aromatic carbocycles. The van der Waals surface area contributed by atoms with Gasteiger partial charge in [0.15, 0.2) is 0 Å².